The maximum Gasteiger partial charge on any atom is 0.271 e. The van der Waals surface area contributed by atoms with Crippen molar-refractivity contribution in [1.82, 2.24) is 34.8 Å². The number of amides is 6. The zero-order chi connectivity index (χ0) is 39.8. The SMILES string of the molecule is Cc1cc(Nc2nc(N3CCCC(NC(=O)C4CCN(CC5CCN(c6ccc7c(c6)C(=O)N(C6CCC(=O)NC6=O)C7=O)CC5)CC4)C3)cnc2C(N)=O)sn1. The second-order valence-corrected chi connectivity index (χ2v) is 16.5. The van der Waals surface area contributed by atoms with Crippen molar-refractivity contribution in [3.8, 4) is 0 Å². The van der Waals surface area contributed by atoms with Gasteiger partial charge in [0, 0.05) is 56.8 Å². The quantitative estimate of drug-likeness (QED) is 0.217. The van der Waals surface area contributed by atoms with Crippen LogP contribution in [0.1, 0.15) is 88.3 Å². The largest absolute Gasteiger partial charge is 0.371 e. The van der Waals surface area contributed by atoms with Gasteiger partial charge >= 0.3 is 0 Å². The molecule has 5 aliphatic heterocycles. The Kier molecular flexibility index (Phi) is 10.9. The molecule has 57 heavy (non-hydrogen) atoms. The Hall–Kier alpha value is -5.49. The van der Waals surface area contributed by atoms with Gasteiger partial charge in [-0.05, 0) is 107 Å². The second-order valence-electron chi connectivity index (χ2n) is 15.7. The molecule has 7 heterocycles. The fourth-order valence-corrected chi connectivity index (χ4v) is 9.39. The van der Waals surface area contributed by atoms with Crippen LogP contribution in [-0.4, -0.2) is 117 Å². The number of carbonyl (C=O) groups excluding carboxylic acids is 6. The van der Waals surface area contributed by atoms with E-state index in [0.29, 0.717) is 23.8 Å². The normalized spacial score (nSPS) is 22.4. The lowest BCUT2D eigenvalue weighted by Gasteiger charge is -2.39. The molecule has 3 aromatic rings. The van der Waals surface area contributed by atoms with Crippen molar-refractivity contribution < 1.29 is 28.8 Å². The predicted molar refractivity (Wildman–Crippen MR) is 211 cm³/mol. The molecule has 18 heteroatoms. The lowest BCUT2D eigenvalue weighted by Crippen LogP contribution is -2.54. The van der Waals surface area contributed by atoms with Gasteiger partial charge in [-0.1, -0.05) is 0 Å². The van der Waals surface area contributed by atoms with Crippen molar-refractivity contribution in [2.45, 2.75) is 70.4 Å². The molecule has 4 saturated heterocycles. The number of aryl methyl sites for hydroxylation is 1. The molecule has 4 fully saturated rings. The first-order valence-electron chi connectivity index (χ1n) is 19.8. The van der Waals surface area contributed by atoms with Crippen LogP contribution in [0.2, 0.25) is 0 Å². The van der Waals surface area contributed by atoms with Crippen molar-refractivity contribution in [1.29, 1.82) is 0 Å². The van der Waals surface area contributed by atoms with E-state index >= 15 is 0 Å². The summed E-state index contributed by atoms with van der Waals surface area (Å²) < 4.78 is 4.27. The van der Waals surface area contributed by atoms with Crippen molar-refractivity contribution in [3.05, 3.63) is 53.0 Å². The molecule has 0 spiro atoms. The first-order chi connectivity index (χ1) is 27.5. The Bertz CT molecular complexity index is 2090. The standard InChI is InChI=1S/C39H47N11O6S/c1-22-17-32(57-46-22)45-35-33(34(40)52)41-19-30(43-35)49-12-2-3-25(21-49)42-36(53)24-10-13-47(14-11-24)20-23-8-15-48(16-9-23)26-4-5-27-28(18-26)39(56)50(38(27)55)29-6-7-31(51)44-37(29)54/h4-5,17-19,23-25,29H,2-3,6-16,20-21H2,1H3,(H2,40,52)(H,42,53)(H,43,45)(H,44,51,54). The zero-order valence-corrected chi connectivity index (χ0v) is 32.7. The molecule has 300 valence electrons. The summed E-state index contributed by atoms with van der Waals surface area (Å²) in [7, 11) is 0. The maximum atomic E-state index is 13.5. The average Bonchev–Trinajstić information content (AvgIpc) is 3.73. The number of nitrogens with one attached hydrogen (secondary N) is 3. The summed E-state index contributed by atoms with van der Waals surface area (Å²) in [5.41, 5.74) is 7.95. The monoisotopic (exact) mass is 797 g/mol. The van der Waals surface area contributed by atoms with Gasteiger partial charge in [0.2, 0.25) is 17.7 Å². The van der Waals surface area contributed by atoms with Crippen LogP contribution in [0, 0.1) is 18.8 Å². The number of rotatable bonds is 10. The van der Waals surface area contributed by atoms with Crippen LogP contribution in [0.5, 0.6) is 0 Å². The van der Waals surface area contributed by atoms with Crippen LogP contribution in [0.25, 0.3) is 0 Å². The average molecular weight is 798 g/mol. The van der Waals surface area contributed by atoms with E-state index in [1.807, 2.05) is 19.1 Å². The molecule has 8 rings (SSSR count). The fourth-order valence-electron chi connectivity index (χ4n) is 8.73. The van der Waals surface area contributed by atoms with E-state index in [0.717, 1.165) is 99.1 Å². The number of likely N-dealkylation sites (tertiary alicyclic amines) is 1. The van der Waals surface area contributed by atoms with Gasteiger partial charge in [-0.15, -0.1) is 0 Å². The Labute approximate surface area is 333 Å². The minimum Gasteiger partial charge on any atom is -0.371 e. The van der Waals surface area contributed by atoms with Crippen LogP contribution >= 0.6 is 11.5 Å². The highest BCUT2D eigenvalue weighted by atomic mass is 32.1. The molecule has 2 atom stereocenters. The Balaban J connectivity index is 0.789. The molecule has 17 nitrogen and oxygen atoms in total. The lowest BCUT2D eigenvalue weighted by atomic mass is 9.91. The van der Waals surface area contributed by atoms with Gasteiger partial charge in [0.15, 0.2) is 11.5 Å². The number of carbonyl (C=O) groups is 6. The predicted octanol–water partition coefficient (Wildman–Crippen LogP) is 2.20. The zero-order valence-electron chi connectivity index (χ0n) is 31.9. The summed E-state index contributed by atoms with van der Waals surface area (Å²) >= 11 is 1.26. The van der Waals surface area contributed by atoms with Crippen LogP contribution < -0.4 is 31.5 Å². The molecular formula is C39H47N11O6S. The van der Waals surface area contributed by atoms with E-state index in [1.54, 1.807) is 18.3 Å². The highest BCUT2D eigenvalue weighted by Crippen LogP contribution is 2.33. The highest BCUT2D eigenvalue weighted by Gasteiger charge is 2.45. The molecular weight excluding hydrogens is 751 g/mol. The van der Waals surface area contributed by atoms with Gasteiger partial charge < -0.3 is 31.1 Å². The van der Waals surface area contributed by atoms with E-state index < -0.39 is 35.6 Å². The van der Waals surface area contributed by atoms with Gasteiger partial charge in [0.25, 0.3) is 17.7 Å². The summed E-state index contributed by atoms with van der Waals surface area (Å²) in [6, 6.07) is 6.16. The van der Waals surface area contributed by atoms with E-state index in [2.05, 4.69) is 40.0 Å². The highest BCUT2D eigenvalue weighted by molar-refractivity contribution is 7.10. The van der Waals surface area contributed by atoms with Crippen LogP contribution in [-0.2, 0) is 14.4 Å². The number of benzene rings is 1. The molecule has 0 saturated carbocycles. The summed E-state index contributed by atoms with van der Waals surface area (Å²) in [6.45, 7) is 7.60. The number of nitrogens with two attached hydrogens (primary N) is 1. The van der Waals surface area contributed by atoms with Gasteiger partial charge in [-0.3, -0.25) is 39.0 Å². The number of imide groups is 2. The van der Waals surface area contributed by atoms with Crippen LogP contribution in [0.4, 0.5) is 22.3 Å². The minimum atomic E-state index is -0.980. The summed E-state index contributed by atoms with van der Waals surface area (Å²) in [5.74, 6) is -1.20. The molecule has 0 radical (unpaired) electrons. The van der Waals surface area contributed by atoms with Crippen molar-refractivity contribution in [2.75, 3.05) is 60.9 Å². The number of fused-ring (bicyclic) bond motifs is 1. The van der Waals surface area contributed by atoms with Crippen molar-refractivity contribution in [3.63, 3.8) is 0 Å². The number of nitrogens with zero attached hydrogens (tertiary/aromatic N) is 7. The summed E-state index contributed by atoms with van der Waals surface area (Å²) in [6.07, 6.45) is 7.13. The molecule has 0 aliphatic carbocycles. The smallest absolute Gasteiger partial charge is 0.271 e. The number of hydrogen-bond acceptors (Lipinski definition) is 14. The van der Waals surface area contributed by atoms with Crippen molar-refractivity contribution >= 4 is 69.3 Å². The minimum absolute atomic E-state index is 0.0267. The Morgan fingerprint density at radius 3 is 2.42 bits per heavy atom. The molecule has 1 aromatic carbocycles. The van der Waals surface area contributed by atoms with Crippen molar-refractivity contribution in [2.24, 2.45) is 17.6 Å². The second kappa shape index (κ2) is 16.2. The molecule has 0 bridgehead atoms. The van der Waals surface area contributed by atoms with E-state index in [-0.39, 0.29) is 47.8 Å². The van der Waals surface area contributed by atoms with E-state index in [1.165, 1.54) is 11.5 Å². The van der Waals surface area contributed by atoms with Gasteiger partial charge in [-0.2, -0.15) is 4.37 Å². The number of primary amides is 1. The number of hydrogen-bond donors (Lipinski definition) is 4. The molecule has 5 N–H and O–H groups in total. The summed E-state index contributed by atoms with van der Waals surface area (Å²) in [5, 5.41) is 9.43. The Morgan fingerprint density at radius 2 is 1.70 bits per heavy atom. The van der Waals surface area contributed by atoms with E-state index in [9.17, 15) is 28.8 Å². The number of piperidine rings is 4. The third-order valence-corrected chi connectivity index (χ3v) is 12.6. The van der Waals surface area contributed by atoms with Gasteiger partial charge in [0.1, 0.15) is 16.9 Å². The first kappa shape index (κ1) is 38.4. The third-order valence-electron chi connectivity index (χ3n) is 11.8. The number of aromatic nitrogens is 3. The lowest BCUT2D eigenvalue weighted by molar-refractivity contribution is -0.136. The topological polar surface area (TPSA) is 216 Å². The maximum absolute atomic E-state index is 13.5. The third kappa shape index (κ3) is 8.18. The first-order valence-corrected chi connectivity index (χ1v) is 20.5. The molecule has 2 aromatic heterocycles. The molecule has 5 aliphatic rings. The molecule has 6 amide bonds. The van der Waals surface area contributed by atoms with Gasteiger partial charge in [0.05, 0.1) is 23.0 Å². The van der Waals surface area contributed by atoms with Gasteiger partial charge in [-0.25, -0.2) is 9.97 Å². The van der Waals surface area contributed by atoms with E-state index in [4.69, 9.17) is 10.7 Å². The molecule has 2 unspecified atom stereocenters. The number of anilines is 4. The summed E-state index contributed by atoms with van der Waals surface area (Å²) in [4.78, 5) is 92.9. The fraction of sp³-hybridized carbons (Fsp3) is 0.513. The Morgan fingerprint density at radius 1 is 0.930 bits per heavy atom. The van der Waals surface area contributed by atoms with Crippen LogP contribution in [0.15, 0.2) is 30.5 Å². The van der Waals surface area contributed by atoms with Crippen LogP contribution in [0.3, 0.4) is 0 Å².